The third-order valence-corrected chi connectivity index (χ3v) is 4.04. The minimum Gasteiger partial charge on any atom is -0.318 e. The molecule has 6 heteroatoms. The highest BCUT2D eigenvalue weighted by molar-refractivity contribution is 6.31. The maximum absolute atomic E-state index is 13.2. The highest BCUT2D eigenvalue weighted by Crippen LogP contribution is 2.23. The monoisotopic (exact) mass is 283 g/mol. The van der Waals surface area contributed by atoms with E-state index in [0.29, 0.717) is 23.7 Å². The Morgan fingerprint density at radius 3 is 3.11 bits per heavy atom. The first kappa shape index (κ1) is 12.7. The van der Waals surface area contributed by atoms with Gasteiger partial charge in [-0.3, -0.25) is 0 Å². The summed E-state index contributed by atoms with van der Waals surface area (Å²) in [7, 11) is 0. The van der Waals surface area contributed by atoms with Crippen molar-refractivity contribution in [3.05, 3.63) is 34.6 Å². The molecule has 2 heterocycles. The van der Waals surface area contributed by atoms with Crippen molar-refractivity contribution in [1.82, 2.24) is 15.1 Å². The van der Waals surface area contributed by atoms with Crippen LogP contribution < -0.4 is 5.32 Å². The van der Waals surface area contributed by atoms with Gasteiger partial charge >= 0.3 is 6.03 Å². The molecule has 2 amide bonds. The Hall–Kier alpha value is -1.33. The molecule has 1 aromatic carbocycles. The van der Waals surface area contributed by atoms with Crippen LogP contribution in [0.25, 0.3) is 0 Å². The van der Waals surface area contributed by atoms with E-state index in [0.717, 1.165) is 19.6 Å². The molecule has 102 valence electrons. The average molecular weight is 284 g/mol. The third-order valence-electron chi connectivity index (χ3n) is 3.67. The van der Waals surface area contributed by atoms with Crippen molar-refractivity contribution in [1.29, 1.82) is 0 Å². The first-order valence-electron chi connectivity index (χ1n) is 6.35. The van der Waals surface area contributed by atoms with Crippen LogP contribution in [0, 0.1) is 5.82 Å². The van der Waals surface area contributed by atoms with Crippen molar-refractivity contribution in [3.8, 4) is 0 Å². The topological polar surface area (TPSA) is 35.6 Å². The van der Waals surface area contributed by atoms with Gasteiger partial charge in [0.25, 0.3) is 0 Å². The van der Waals surface area contributed by atoms with Gasteiger partial charge in [0.2, 0.25) is 0 Å². The Kier molecular flexibility index (Phi) is 3.33. The number of rotatable bonds is 2. The van der Waals surface area contributed by atoms with Crippen LogP contribution in [0.1, 0.15) is 5.56 Å². The molecule has 0 saturated carbocycles. The molecule has 1 unspecified atom stereocenters. The van der Waals surface area contributed by atoms with Gasteiger partial charge in [-0.2, -0.15) is 0 Å². The van der Waals surface area contributed by atoms with Gasteiger partial charge in [0.05, 0.1) is 6.04 Å². The van der Waals surface area contributed by atoms with Crippen LogP contribution in [-0.4, -0.2) is 48.1 Å². The zero-order valence-electron chi connectivity index (χ0n) is 10.4. The Labute approximate surface area is 116 Å². The summed E-state index contributed by atoms with van der Waals surface area (Å²) >= 11 is 6.04. The van der Waals surface area contributed by atoms with Crippen LogP contribution >= 0.6 is 11.6 Å². The van der Waals surface area contributed by atoms with E-state index in [1.165, 1.54) is 18.2 Å². The van der Waals surface area contributed by atoms with Crippen LogP contribution in [-0.2, 0) is 6.54 Å². The van der Waals surface area contributed by atoms with Crippen molar-refractivity contribution >= 4 is 17.6 Å². The van der Waals surface area contributed by atoms with E-state index in [1.54, 1.807) is 4.90 Å². The van der Waals surface area contributed by atoms with Gasteiger partial charge in [-0.25, -0.2) is 9.18 Å². The van der Waals surface area contributed by atoms with Gasteiger partial charge in [0.15, 0.2) is 0 Å². The second kappa shape index (κ2) is 4.98. The van der Waals surface area contributed by atoms with E-state index in [2.05, 4.69) is 5.32 Å². The number of amides is 2. The molecule has 4 nitrogen and oxygen atoms in total. The van der Waals surface area contributed by atoms with Crippen molar-refractivity contribution < 1.29 is 9.18 Å². The summed E-state index contributed by atoms with van der Waals surface area (Å²) in [6, 6.07) is 4.48. The lowest BCUT2D eigenvalue weighted by molar-refractivity contribution is 0.178. The molecular weight excluding hydrogens is 269 g/mol. The largest absolute Gasteiger partial charge is 0.320 e. The fourth-order valence-corrected chi connectivity index (χ4v) is 2.87. The van der Waals surface area contributed by atoms with E-state index in [-0.39, 0.29) is 17.9 Å². The lowest BCUT2D eigenvalue weighted by Crippen LogP contribution is -2.49. The van der Waals surface area contributed by atoms with Crippen molar-refractivity contribution in [2.75, 3.05) is 26.2 Å². The normalized spacial score (nSPS) is 22.8. The summed E-state index contributed by atoms with van der Waals surface area (Å²) in [4.78, 5) is 15.8. The summed E-state index contributed by atoms with van der Waals surface area (Å²) in [5.74, 6) is -0.328. The number of carbonyl (C=O) groups is 1. The second-order valence-corrected chi connectivity index (χ2v) is 5.36. The van der Waals surface area contributed by atoms with Crippen LogP contribution in [0.4, 0.5) is 9.18 Å². The molecule has 0 bridgehead atoms. The lowest BCUT2D eigenvalue weighted by atomic mass is 10.2. The van der Waals surface area contributed by atoms with E-state index in [4.69, 9.17) is 11.6 Å². The second-order valence-electron chi connectivity index (χ2n) is 4.95. The molecule has 3 rings (SSSR count). The molecule has 2 saturated heterocycles. The molecule has 0 spiro atoms. The number of nitrogens with one attached hydrogen (secondary N) is 1. The van der Waals surface area contributed by atoms with Gasteiger partial charge in [0.1, 0.15) is 5.82 Å². The van der Waals surface area contributed by atoms with Gasteiger partial charge in [-0.05, 0) is 23.8 Å². The zero-order chi connectivity index (χ0) is 13.4. The summed E-state index contributed by atoms with van der Waals surface area (Å²) in [6.45, 7) is 3.41. The van der Waals surface area contributed by atoms with Gasteiger partial charge < -0.3 is 15.1 Å². The van der Waals surface area contributed by atoms with Crippen molar-refractivity contribution in [2.45, 2.75) is 12.6 Å². The van der Waals surface area contributed by atoms with E-state index < -0.39 is 0 Å². The smallest absolute Gasteiger partial charge is 0.318 e. The number of nitrogens with zero attached hydrogens (tertiary/aromatic N) is 2. The van der Waals surface area contributed by atoms with Gasteiger partial charge in [0, 0.05) is 37.7 Å². The predicted molar refractivity (Wildman–Crippen MR) is 70.6 cm³/mol. The molecule has 2 aliphatic heterocycles. The predicted octanol–water partition coefficient (Wildman–Crippen LogP) is 1.69. The number of benzene rings is 1. The maximum atomic E-state index is 13.2. The molecule has 2 fully saturated rings. The molecule has 19 heavy (non-hydrogen) atoms. The SMILES string of the molecule is O=C1N(Cc2cc(F)ccc2Cl)CC2CNCCN12. The van der Waals surface area contributed by atoms with E-state index >= 15 is 0 Å². The first-order valence-corrected chi connectivity index (χ1v) is 6.73. The average Bonchev–Trinajstić information content (AvgIpc) is 2.72. The molecule has 2 aliphatic rings. The van der Waals surface area contributed by atoms with Crippen LogP contribution in [0.15, 0.2) is 18.2 Å². The van der Waals surface area contributed by atoms with Crippen LogP contribution in [0.3, 0.4) is 0 Å². The molecule has 1 N–H and O–H groups in total. The summed E-state index contributed by atoms with van der Waals surface area (Å²) in [5.41, 5.74) is 0.655. The third kappa shape index (κ3) is 2.40. The fourth-order valence-electron chi connectivity index (χ4n) is 2.69. The Bertz CT molecular complexity index is 511. The van der Waals surface area contributed by atoms with Gasteiger partial charge in [-0.1, -0.05) is 11.6 Å². The van der Waals surface area contributed by atoms with Crippen LogP contribution in [0.5, 0.6) is 0 Å². The number of halogens is 2. The quantitative estimate of drug-likeness (QED) is 0.896. The lowest BCUT2D eigenvalue weighted by Gasteiger charge is -2.28. The number of fused-ring (bicyclic) bond motifs is 1. The van der Waals surface area contributed by atoms with Crippen LogP contribution in [0.2, 0.25) is 5.02 Å². The summed E-state index contributed by atoms with van der Waals surface area (Å²) in [5, 5.41) is 3.77. The number of carbonyl (C=O) groups excluding carboxylic acids is 1. The fraction of sp³-hybridized carbons (Fsp3) is 0.462. The zero-order valence-corrected chi connectivity index (χ0v) is 11.2. The highest BCUT2D eigenvalue weighted by atomic mass is 35.5. The number of urea groups is 1. The van der Waals surface area contributed by atoms with E-state index in [1.807, 2.05) is 4.90 Å². The molecule has 0 radical (unpaired) electrons. The Morgan fingerprint density at radius 2 is 2.32 bits per heavy atom. The molecule has 1 atom stereocenters. The van der Waals surface area contributed by atoms with Crippen molar-refractivity contribution in [3.63, 3.8) is 0 Å². The van der Waals surface area contributed by atoms with E-state index in [9.17, 15) is 9.18 Å². The van der Waals surface area contributed by atoms with Crippen molar-refractivity contribution in [2.24, 2.45) is 0 Å². The molecule has 1 aromatic rings. The minimum atomic E-state index is -0.328. The highest BCUT2D eigenvalue weighted by Gasteiger charge is 2.38. The Balaban J connectivity index is 1.76. The van der Waals surface area contributed by atoms with Gasteiger partial charge in [-0.15, -0.1) is 0 Å². The standard InChI is InChI=1S/C13H15ClFN3O/c14-12-2-1-10(15)5-9(12)7-17-8-11-6-16-3-4-18(11)13(17)19/h1-2,5,11,16H,3-4,6-8H2. The Morgan fingerprint density at radius 1 is 1.47 bits per heavy atom. The first-order chi connectivity index (χ1) is 9.15. The maximum Gasteiger partial charge on any atom is 0.320 e. The number of piperazine rings is 1. The molecule has 0 aromatic heterocycles. The minimum absolute atomic E-state index is 0.0202. The summed E-state index contributed by atoms with van der Waals surface area (Å²) < 4.78 is 13.2. The summed E-state index contributed by atoms with van der Waals surface area (Å²) in [6.07, 6.45) is 0. The number of hydrogen-bond donors (Lipinski definition) is 1. The molecular formula is C13H15ClFN3O. The number of hydrogen-bond acceptors (Lipinski definition) is 2. The molecule has 0 aliphatic carbocycles.